The van der Waals surface area contributed by atoms with Crippen molar-refractivity contribution in [3.8, 4) is 16.3 Å². The van der Waals surface area contributed by atoms with E-state index in [1.54, 1.807) is 61.0 Å². The summed E-state index contributed by atoms with van der Waals surface area (Å²) >= 11 is 3.34. The number of nitrogens with one attached hydrogen (secondary N) is 1. The Labute approximate surface area is 178 Å². The lowest BCUT2D eigenvalue weighted by molar-refractivity contribution is -0.130. The molecule has 0 atom stereocenters. The largest absolute Gasteiger partial charge is 0.484 e. The Morgan fingerprint density at radius 1 is 1.21 bits per heavy atom. The predicted octanol–water partition coefficient (Wildman–Crippen LogP) is 3.62. The molecule has 0 saturated heterocycles. The van der Waals surface area contributed by atoms with Gasteiger partial charge in [0.2, 0.25) is 0 Å². The van der Waals surface area contributed by atoms with Gasteiger partial charge in [0, 0.05) is 36.5 Å². The molecule has 2 amide bonds. The minimum atomic E-state index is -0.165. The number of hydrogen-bond acceptors (Lipinski definition) is 6. The number of rotatable bonds is 8. The number of carbonyl (C=O) groups excluding carboxylic acids is 2. The molecule has 152 valence electrons. The first-order valence-corrected chi connectivity index (χ1v) is 10.8. The molecule has 3 aromatic rings. The van der Waals surface area contributed by atoms with Crippen molar-refractivity contribution >= 4 is 34.5 Å². The van der Waals surface area contributed by atoms with Crippen molar-refractivity contribution in [1.82, 2.24) is 15.2 Å². The zero-order chi connectivity index (χ0) is 20.8. The summed E-state index contributed by atoms with van der Waals surface area (Å²) < 4.78 is 5.47. The Kier molecular flexibility index (Phi) is 7.00. The molecule has 6 nitrogen and oxygen atoms in total. The maximum atomic E-state index is 12.4. The molecule has 0 aliphatic carbocycles. The van der Waals surface area contributed by atoms with E-state index in [-0.39, 0.29) is 18.4 Å². The van der Waals surface area contributed by atoms with Crippen molar-refractivity contribution in [3.63, 3.8) is 0 Å². The number of thiophene rings is 1. The second-order valence-electron chi connectivity index (χ2n) is 6.63. The van der Waals surface area contributed by atoms with Crippen LogP contribution >= 0.6 is 22.7 Å². The van der Waals surface area contributed by atoms with E-state index in [9.17, 15) is 9.59 Å². The molecule has 3 rings (SSSR count). The second kappa shape index (κ2) is 9.67. The third-order valence-electron chi connectivity index (χ3n) is 4.15. The monoisotopic (exact) mass is 429 g/mol. The summed E-state index contributed by atoms with van der Waals surface area (Å²) in [6, 6.07) is 11.0. The minimum Gasteiger partial charge on any atom is -0.484 e. The lowest BCUT2D eigenvalue weighted by Gasteiger charge is -2.12. The molecule has 0 saturated carbocycles. The smallest absolute Gasteiger partial charge is 0.259 e. The van der Waals surface area contributed by atoms with Crippen LogP contribution in [0.1, 0.15) is 20.2 Å². The van der Waals surface area contributed by atoms with E-state index in [2.05, 4.69) is 27.8 Å². The van der Waals surface area contributed by atoms with Crippen LogP contribution in [0, 0.1) is 6.92 Å². The van der Waals surface area contributed by atoms with E-state index < -0.39 is 0 Å². The molecule has 2 aromatic heterocycles. The van der Waals surface area contributed by atoms with Crippen molar-refractivity contribution in [1.29, 1.82) is 0 Å². The average molecular weight is 430 g/mol. The van der Waals surface area contributed by atoms with E-state index in [0.717, 1.165) is 22.0 Å². The molecule has 29 heavy (non-hydrogen) atoms. The first kappa shape index (κ1) is 21.0. The summed E-state index contributed by atoms with van der Waals surface area (Å²) in [5.74, 6) is 0.193. The van der Waals surface area contributed by atoms with Gasteiger partial charge in [-0.3, -0.25) is 9.59 Å². The number of carbonyl (C=O) groups is 2. The summed E-state index contributed by atoms with van der Waals surface area (Å²) in [6.07, 6.45) is 0.757. The highest BCUT2D eigenvalue weighted by atomic mass is 32.1. The molecule has 8 heteroatoms. The Morgan fingerprint density at radius 3 is 2.76 bits per heavy atom. The summed E-state index contributed by atoms with van der Waals surface area (Å²) in [4.78, 5) is 32.4. The van der Waals surface area contributed by atoms with Crippen molar-refractivity contribution in [2.75, 3.05) is 27.2 Å². The van der Waals surface area contributed by atoms with Crippen LogP contribution in [0.25, 0.3) is 10.6 Å². The van der Waals surface area contributed by atoms with Crippen molar-refractivity contribution in [2.45, 2.75) is 13.3 Å². The molecule has 0 spiro atoms. The van der Waals surface area contributed by atoms with Gasteiger partial charge in [-0.25, -0.2) is 4.98 Å². The minimum absolute atomic E-state index is 0.0582. The number of thiazole rings is 1. The lowest BCUT2D eigenvalue weighted by Crippen LogP contribution is -2.27. The fraction of sp³-hybridized carbons (Fsp3) is 0.286. The molecule has 0 unspecified atom stereocenters. The standard InChI is InChI=1S/C21H23N3O3S2/c1-14-23-18(13-28-14)19-8-7-17(29-19)9-10-22-21(26)15-5-4-6-16(11-15)27-12-20(25)24(2)3/h4-8,11,13H,9-10,12H2,1-3H3,(H,22,26). The third-order valence-corrected chi connectivity index (χ3v) is 6.09. The Bertz CT molecular complexity index is 994. The van der Waals surface area contributed by atoms with E-state index >= 15 is 0 Å². The predicted molar refractivity (Wildman–Crippen MR) is 117 cm³/mol. The maximum absolute atomic E-state index is 12.4. The highest BCUT2D eigenvalue weighted by molar-refractivity contribution is 7.16. The molecule has 0 bridgehead atoms. The SMILES string of the molecule is Cc1nc(-c2ccc(CCNC(=O)c3cccc(OCC(=O)N(C)C)c3)s2)cs1. The summed E-state index contributed by atoms with van der Waals surface area (Å²) in [5.41, 5.74) is 1.52. The Balaban J connectivity index is 1.50. The maximum Gasteiger partial charge on any atom is 0.259 e. The molecule has 0 aliphatic rings. The lowest BCUT2D eigenvalue weighted by atomic mass is 10.2. The third kappa shape index (κ3) is 5.88. The van der Waals surface area contributed by atoms with Gasteiger partial charge in [-0.15, -0.1) is 22.7 Å². The molecular formula is C21H23N3O3S2. The number of hydrogen-bond donors (Lipinski definition) is 1. The number of nitrogens with zero attached hydrogens (tertiary/aromatic N) is 2. The van der Waals surface area contributed by atoms with Crippen LogP contribution < -0.4 is 10.1 Å². The summed E-state index contributed by atoms with van der Waals surface area (Å²) in [7, 11) is 3.34. The highest BCUT2D eigenvalue weighted by Gasteiger charge is 2.10. The van der Waals surface area contributed by atoms with Gasteiger partial charge in [0.05, 0.1) is 15.6 Å². The fourth-order valence-electron chi connectivity index (χ4n) is 2.53. The number of ether oxygens (including phenoxy) is 1. The van der Waals surface area contributed by atoms with Crippen LogP contribution in [0.4, 0.5) is 0 Å². The van der Waals surface area contributed by atoms with Gasteiger partial charge in [0.15, 0.2) is 6.61 Å². The van der Waals surface area contributed by atoms with E-state index in [4.69, 9.17) is 4.74 Å². The molecular weight excluding hydrogens is 406 g/mol. The van der Waals surface area contributed by atoms with E-state index in [1.807, 2.05) is 6.92 Å². The van der Waals surface area contributed by atoms with Crippen molar-refractivity contribution in [3.05, 3.63) is 57.2 Å². The molecule has 0 fully saturated rings. The van der Waals surface area contributed by atoms with Crippen LogP contribution in [0.5, 0.6) is 5.75 Å². The normalized spacial score (nSPS) is 10.6. The summed E-state index contributed by atoms with van der Waals surface area (Å²) in [6.45, 7) is 2.48. The van der Waals surface area contributed by atoms with Gasteiger partial charge in [-0.05, 0) is 43.7 Å². The number of benzene rings is 1. The highest BCUT2D eigenvalue weighted by Crippen LogP contribution is 2.29. The summed E-state index contributed by atoms with van der Waals surface area (Å²) in [5, 5.41) is 6.05. The van der Waals surface area contributed by atoms with Gasteiger partial charge in [-0.1, -0.05) is 6.07 Å². The van der Waals surface area contributed by atoms with Gasteiger partial charge in [0.1, 0.15) is 5.75 Å². The van der Waals surface area contributed by atoms with Crippen LogP contribution in [-0.4, -0.2) is 48.9 Å². The molecule has 1 aromatic carbocycles. The van der Waals surface area contributed by atoms with Crippen molar-refractivity contribution < 1.29 is 14.3 Å². The Morgan fingerprint density at radius 2 is 2.03 bits per heavy atom. The van der Waals surface area contributed by atoms with E-state index in [0.29, 0.717) is 17.9 Å². The number of likely N-dealkylation sites (N-methyl/N-ethyl adjacent to an activating group) is 1. The van der Waals surface area contributed by atoms with Crippen LogP contribution in [0.3, 0.4) is 0 Å². The molecule has 0 aliphatic heterocycles. The second-order valence-corrected chi connectivity index (χ2v) is 8.86. The molecule has 0 radical (unpaired) electrons. The van der Waals surface area contributed by atoms with Gasteiger partial charge < -0.3 is 15.0 Å². The number of aromatic nitrogens is 1. The first-order chi connectivity index (χ1) is 13.9. The Hall–Kier alpha value is -2.71. The number of amides is 2. The number of aryl methyl sites for hydroxylation is 1. The zero-order valence-electron chi connectivity index (χ0n) is 16.6. The molecule has 2 heterocycles. The topological polar surface area (TPSA) is 71.5 Å². The molecule has 1 N–H and O–H groups in total. The van der Waals surface area contributed by atoms with Gasteiger partial charge in [0.25, 0.3) is 11.8 Å². The quantitative estimate of drug-likeness (QED) is 0.594. The van der Waals surface area contributed by atoms with E-state index in [1.165, 1.54) is 9.78 Å². The van der Waals surface area contributed by atoms with Crippen molar-refractivity contribution in [2.24, 2.45) is 0 Å². The van der Waals surface area contributed by atoms with Crippen LogP contribution in [0.2, 0.25) is 0 Å². The average Bonchev–Trinajstić information content (AvgIpc) is 3.35. The van der Waals surface area contributed by atoms with Crippen LogP contribution in [-0.2, 0) is 11.2 Å². The zero-order valence-corrected chi connectivity index (χ0v) is 18.2. The first-order valence-electron chi connectivity index (χ1n) is 9.15. The van der Waals surface area contributed by atoms with Gasteiger partial charge in [-0.2, -0.15) is 0 Å². The van der Waals surface area contributed by atoms with Gasteiger partial charge >= 0.3 is 0 Å². The van der Waals surface area contributed by atoms with Crippen LogP contribution in [0.15, 0.2) is 41.8 Å². The fourth-order valence-corrected chi connectivity index (χ4v) is 4.18.